The molecule has 0 aliphatic carbocycles. The van der Waals surface area contributed by atoms with Crippen LogP contribution in [0.4, 0.5) is 0 Å². The zero-order valence-electron chi connectivity index (χ0n) is 17.2. The predicted molar refractivity (Wildman–Crippen MR) is 118 cm³/mol. The summed E-state index contributed by atoms with van der Waals surface area (Å²) in [6.07, 6.45) is 3.13. The summed E-state index contributed by atoms with van der Waals surface area (Å²) in [5.74, 6) is -0.931. The third-order valence-electron chi connectivity index (χ3n) is 5.16. The van der Waals surface area contributed by atoms with Gasteiger partial charge in [-0.25, -0.2) is 9.78 Å². The number of carbonyl (C=O) groups is 2. The van der Waals surface area contributed by atoms with Crippen LogP contribution in [0.2, 0.25) is 0 Å². The fourth-order valence-electron chi connectivity index (χ4n) is 3.63. The summed E-state index contributed by atoms with van der Waals surface area (Å²) in [6.45, 7) is 1.87. The van der Waals surface area contributed by atoms with E-state index in [4.69, 9.17) is 9.72 Å². The summed E-state index contributed by atoms with van der Waals surface area (Å²) in [5, 5.41) is 3.56. The molecule has 31 heavy (non-hydrogen) atoms. The first-order chi connectivity index (χ1) is 15.1. The third-order valence-corrected chi connectivity index (χ3v) is 5.16. The monoisotopic (exact) mass is 411 g/mol. The van der Waals surface area contributed by atoms with Crippen molar-refractivity contribution in [2.75, 3.05) is 7.11 Å². The third kappa shape index (κ3) is 4.00. The van der Waals surface area contributed by atoms with E-state index in [9.17, 15) is 9.59 Å². The van der Waals surface area contributed by atoms with Gasteiger partial charge in [-0.05, 0) is 36.2 Å². The van der Waals surface area contributed by atoms with Gasteiger partial charge in [0, 0.05) is 23.3 Å². The summed E-state index contributed by atoms with van der Waals surface area (Å²) in [4.78, 5) is 34.7. The van der Waals surface area contributed by atoms with Gasteiger partial charge in [-0.1, -0.05) is 48.5 Å². The van der Waals surface area contributed by atoms with Gasteiger partial charge in [0.1, 0.15) is 0 Å². The molecule has 0 saturated heterocycles. The lowest BCUT2D eigenvalue weighted by Crippen LogP contribution is -2.35. The number of ether oxygens (including phenoxy) is 1. The van der Waals surface area contributed by atoms with E-state index < -0.39 is 12.0 Å². The number of methoxy groups -OCH3 is 1. The van der Waals surface area contributed by atoms with Gasteiger partial charge in [-0.2, -0.15) is 0 Å². The summed E-state index contributed by atoms with van der Waals surface area (Å²) >= 11 is 0. The molecule has 1 unspecified atom stereocenters. The lowest BCUT2D eigenvalue weighted by Gasteiger charge is -2.19. The summed E-state index contributed by atoms with van der Waals surface area (Å²) < 4.78 is 4.93. The van der Waals surface area contributed by atoms with Crippen LogP contribution in [0.5, 0.6) is 0 Å². The Morgan fingerprint density at radius 3 is 2.32 bits per heavy atom. The van der Waals surface area contributed by atoms with Gasteiger partial charge in [0.05, 0.1) is 23.9 Å². The van der Waals surface area contributed by atoms with Gasteiger partial charge < -0.3 is 10.1 Å². The molecule has 4 aromatic rings. The zero-order chi connectivity index (χ0) is 21.8. The minimum absolute atomic E-state index is 0.375. The molecule has 2 aromatic carbocycles. The van der Waals surface area contributed by atoms with E-state index in [1.165, 1.54) is 7.11 Å². The van der Waals surface area contributed by atoms with Crippen LogP contribution in [0.25, 0.3) is 22.2 Å². The molecule has 0 saturated carbocycles. The first-order valence-corrected chi connectivity index (χ1v) is 9.83. The van der Waals surface area contributed by atoms with Crippen molar-refractivity contribution in [2.45, 2.75) is 13.0 Å². The molecule has 1 amide bonds. The number of nitrogens with one attached hydrogen (secondary N) is 1. The van der Waals surface area contributed by atoms with Gasteiger partial charge in [-0.15, -0.1) is 0 Å². The van der Waals surface area contributed by atoms with Crippen LogP contribution >= 0.6 is 0 Å². The van der Waals surface area contributed by atoms with Crippen LogP contribution in [-0.2, 0) is 9.53 Å². The smallest absolute Gasteiger partial charge is 0.333 e. The number of benzene rings is 2. The number of carbonyl (C=O) groups excluding carboxylic acids is 2. The minimum Gasteiger partial charge on any atom is -0.467 e. The van der Waals surface area contributed by atoms with E-state index in [1.807, 2.05) is 61.5 Å². The first kappa shape index (κ1) is 20.2. The van der Waals surface area contributed by atoms with Gasteiger partial charge in [0.15, 0.2) is 6.04 Å². The number of amides is 1. The Balaban J connectivity index is 1.83. The number of esters is 1. The second-order valence-electron chi connectivity index (χ2n) is 7.05. The fourth-order valence-corrected chi connectivity index (χ4v) is 3.63. The Morgan fingerprint density at radius 2 is 1.61 bits per heavy atom. The standard InChI is InChI=1S/C25H21N3O3/c1-16-21(24(29)28-23(25(30)31-2)18-12-14-26-15-13-18)19-10-6-7-11-20(19)27-22(16)17-8-4-3-5-9-17/h3-15,23H,1-2H3,(H,28,29). The molecule has 0 aliphatic rings. The second kappa shape index (κ2) is 8.75. The van der Waals surface area contributed by atoms with E-state index >= 15 is 0 Å². The van der Waals surface area contributed by atoms with Crippen molar-refractivity contribution in [1.82, 2.24) is 15.3 Å². The minimum atomic E-state index is -0.952. The number of aromatic nitrogens is 2. The van der Waals surface area contributed by atoms with E-state index in [0.29, 0.717) is 16.6 Å². The number of fused-ring (bicyclic) bond motifs is 1. The van der Waals surface area contributed by atoms with Crippen molar-refractivity contribution in [3.05, 3.63) is 95.8 Å². The largest absolute Gasteiger partial charge is 0.467 e. The Kier molecular flexibility index (Phi) is 5.71. The van der Waals surface area contributed by atoms with E-state index in [0.717, 1.165) is 22.2 Å². The van der Waals surface area contributed by atoms with Crippen LogP contribution in [0.1, 0.15) is 27.5 Å². The normalized spacial score (nSPS) is 11.7. The molecule has 0 aliphatic heterocycles. The van der Waals surface area contributed by atoms with Crippen molar-refractivity contribution in [1.29, 1.82) is 0 Å². The molecule has 0 radical (unpaired) electrons. The molecule has 0 spiro atoms. The number of hydrogen-bond acceptors (Lipinski definition) is 5. The van der Waals surface area contributed by atoms with Crippen molar-refractivity contribution >= 4 is 22.8 Å². The molecule has 0 bridgehead atoms. The quantitative estimate of drug-likeness (QED) is 0.497. The van der Waals surface area contributed by atoms with Gasteiger partial charge >= 0.3 is 5.97 Å². The molecule has 6 nitrogen and oxygen atoms in total. The van der Waals surface area contributed by atoms with Crippen LogP contribution in [0.15, 0.2) is 79.1 Å². The zero-order valence-corrected chi connectivity index (χ0v) is 17.2. The first-order valence-electron chi connectivity index (χ1n) is 9.83. The van der Waals surface area contributed by atoms with Crippen LogP contribution < -0.4 is 5.32 Å². The summed E-state index contributed by atoms with van der Waals surface area (Å²) in [6, 6.07) is 19.6. The maximum absolute atomic E-state index is 13.5. The Morgan fingerprint density at radius 1 is 0.935 bits per heavy atom. The van der Waals surface area contributed by atoms with Crippen molar-refractivity contribution < 1.29 is 14.3 Å². The SMILES string of the molecule is COC(=O)C(NC(=O)c1c(C)c(-c2ccccc2)nc2ccccc12)c1ccncc1. The molecule has 2 heterocycles. The molecular weight excluding hydrogens is 390 g/mol. The van der Waals surface area contributed by atoms with E-state index in [2.05, 4.69) is 10.3 Å². The highest BCUT2D eigenvalue weighted by molar-refractivity contribution is 6.09. The summed E-state index contributed by atoms with van der Waals surface area (Å²) in [7, 11) is 1.29. The van der Waals surface area contributed by atoms with Crippen LogP contribution in [0, 0.1) is 6.92 Å². The molecule has 4 rings (SSSR count). The molecule has 6 heteroatoms. The average Bonchev–Trinajstić information content (AvgIpc) is 2.82. The predicted octanol–water partition coefficient (Wildman–Crippen LogP) is 4.25. The lowest BCUT2D eigenvalue weighted by molar-refractivity contribution is -0.143. The maximum Gasteiger partial charge on any atom is 0.333 e. The van der Waals surface area contributed by atoms with Crippen LogP contribution in [0.3, 0.4) is 0 Å². The van der Waals surface area contributed by atoms with Gasteiger partial charge in [0.25, 0.3) is 5.91 Å². The van der Waals surface area contributed by atoms with Crippen molar-refractivity contribution in [3.8, 4) is 11.3 Å². The molecule has 0 fully saturated rings. The highest BCUT2D eigenvalue weighted by Gasteiger charge is 2.26. The number of hydrogen-bond donors (Lipinski definition) is 1. The number of para-hydroxylation sites is 1. The van der Waals surface area contributed by atoms with Crippen LogP contribution in [-0.4, -0.2) is 29.0 Å². The van der Waals surface area contributed by atoms with E-state index in [1.54, 1.807) is 24.5 Å². The Bertz CT molecular complexity index is 1240. The Labute approximate surface area is 179 Å². The van der Waals surface area contributed by atoms with Gasteiger partial charge in [0.2, 0.25) is 0 Å². The number of nitrogens with zero attached hydrogens (tertiary/aromatic N) is 2. The highest BCUT2D eigenvalue weighted by atomic mass is 16.5. The topological polar surface area (TPSA) is 81.2 Å². The van der Waals surface area contributed by atoms with Crippen molar-refractivity contribution in [2.24, 2.45) is 0 Å². The average molecular weight is 411 g/mol. The Hall–Kier alpha value is -4.06. The highest BCUT2D eigenvalue weighted by Crippen LogP contribution is 2.30. The number of rotatable bonds is 5. The molecule has 154 valence electrons. The van der Waals surface area contributed by atoms with Gasteiger partial charge in [-0.3, -0.25) is 9.78 Å². The molecule has 2 aromatic heterocycles. The lowest BCUT2D eigenvalue weighted by atomic mass is 9.96. The number of pyridine rings is 2. The van der Waals surface area contributed by atoms with Crippen molar-refractivity contribution in [3.63, 3.8) is 0 Å². The fraction of sp³-hybridized carbons (Fsp3) is 0.120. The molecule has 1 atom stereocenters. The molecular formula is C25H21N3O3. The maximum atomic E-state index is 13.5. The summed E-state index contributed by atoms with van der Waals surface area (Å²) in [5.41, 5.74) is 4.15. The van der Waals surface area contributed by atoms with E-state index in [-0.39, 0.29) is 5.91 Å². The molecule has 1 N–H and O–H groups in total. The second-order valence-corrected chi connectivity index (χ2v) is 7.05.